The van der Waals surface area contributed by atoms with Gasteiger partial charge < -0.3 is 4.74 Å². The molecule has 1 amide bonds. The van der Waals surface area contributed by atoms with Crippen LogP contribution in [0.2, 0.25) is 0 Å². The minimum atomic E-state index is -5.15. The topological polar surface area (TPSA) is 89.8 Å². The third kappa shape index (κ3) is 4.31. The summed E-state index contributed by atoms with van der Waals surface area (Å²) in [6.07, 6.45) is -3.58. The Hall–Kier alpha value is -3.93. The third-order valence-corrected chi connectivity index (χ3v) is 6.36. The third-order valence-electron chi connectivity index (χ3n) is 4.95. The monoisotopic (exact) mass is 493 g/mol. The van der Waals surface area contributed by atoms with E-state index in [9.17, 15) is 30.8 Å². The second-order valence-corrected chi connectivity index (χ2v) is 8.71. The van der Waals surface area contributed by atoms with Crippen LogP contribution in [0.25, 0.3) is 27.8 Å². The van der Waals surface area contributed by atoms with E-state index in [0.29, 0.717) is 17.1 Å². The first-order valence-electron chi connectivity index (χ1n) is 9.56. The molecule has 2 aromatic heterocycles. The molecule has 2 heterocycles. The first-order chi connectivity index (χ1) is 16.0. The van der Waals surface area contributed by atoms with Crippen molar-refractivity contribution in [2.24, 2.45) is 0 Å². The smallest absolute Gasteiger partial charge is 0.420 e. The lowest BCUT2D eigenvalue weighted by atomic mass is 9.95. The number of carbonyl (C=O) groups excluding carboxylic acids is 1. The maximum absolute atomic E-state index is 14.2. The van der Waals surface area contributed by atoms with Gasteiger partial charge in [0.05, 0.1) is 18.2 Å². The quantitative estimate of drug-likeness (QED) is 0.410. The summed E-state index contributed by atoms with van der Waals surface area (Å²) in [5.41, 5.74) is -1.34. The summed E-state index contributed by atoms with van der Waals surface area (Å²) >= 11 is 0. The van der Waals surface area contributed by atoms with Crippen LogP contribution in [-0.2, 0) is 20.9 Å². The highest BCUT2D eigenvalue weighted by atomic mass is 32.2. The van der Waals surface area contributed by atoms with E-state index in [1.54, 1.807) is 24.4 Å². The van der Waals surface area contributed by atoms with E-state index in [1.807, 2.05) is 0 Å². The van der Waals surface area contributed by atoms with Gasteiger partial charge in [0.1, 0.15) is 10.7 Å². The van der Waals surface area contributed by atoms with Crippen molar-refractivity contribution in [1.82, 2.24) is 14.3 Å². The summed E-state index contributed by atoms with van der Waals surface area (Å²) < 4.78 is 89.7. The lowest BCUT2D eigenvalue weighted by molar-refractivity contribution is -0.139. The largest absolute Gasteiger partial charge is 0.452 e. The predicted molar refractivity (Wildman–Crippen MR) is 114 cm³/mol. The van der Waals surface area contributed by atoms with Crippen LogP contribution in [-0.4, -0.2) is 31.2 Å². The summed E-state index contributed by atoms with van der Waals surface area (Å²) in [5.74, 6) is -0.793. The Morgan fingerprint density at radius 3 is 2.47 bits per heavy atom. The van der Waals surface area contributed by atoms with Crippen LogP contribution in [0.5, 0.6) is 0 Å². The number of hydrogen-bond acceptors (Lipinski definition) is 5. The highest BCUT2D eigenvalue weighted by Gasteiger charge is 2.40. The number of rotatable bonds is 4. The van der Waals surface area contributed by atoms with Gasteiger partial charge >= 0.3 is 12.3 Å². The average Bonchev–Trinajstić information content (AvgIpc) is 3.26. The number of fused-ring (bicyclic) bond motifs is 1. The Bertz CT molecular complexity index is 1510. The summed E-state index contributed by atoms with van der Waals surface area (Å²) in [6, 6.07) is 11.0. The number of ether oxygens (including phenoxy) is 1. The number of nitrogens with one attached hydrogen (secondary N) is 1. The minimum absolute atomic E-state index is 0.00899. The minimum Gasteiger partial charge on any atom is -0.452 e. The molecule has 0 radical (unpaired) electrons. The maximum Gasteiger partial charge on any atom is 0.420 e. The van der Waals surface area contributed by atoms with Gasteiger partial charge in [0.25, 0.3) is 10.0 Å². The Balaban J connectivity index is 2.12. The molecule has 0 saturated carbocycles. The SMILES string of the molecule is COC(=O)NS(=O)(=O)c1c(-c2cccc(F)c2)cc(-c2cccn3nccc23)cc1C(F)(F)F. The Kier molecular flexibility index (Phi) is 5.77. The van der Waals surface area contributed by atoms with Gasteiger partial charge in [0.15, 0.2) is 0 Å². The van der Waals surface area contributed by atoms with Crippen LogP contribution in [0.1, 0.15) is 5.56 Å². The lowest BCUT2D eigenvalue weighted by Gasteiger charge is -2.20. The molecular weight excluding hydrogens is 478 g/mol. The molecule has 0 aliphatic rings. The first-order valence-corrected chi connectivity index (χ1v) is 11.0. The molecule has 0 bridgehead atoms. The van der Waals surface area contributed by atoms with Crippen molar-refractivity contribution >= 4 is 21.6 Å². The second-order valence-electron chi connectivity index (χ2n) is 7.09. The first kappa shape index (κ1) is 23.2. The van der Waals surface area contributed by atoms with Crippen LogP contribution in [0, 0.1) is 5.82 Å². The number of hydrogen-bond donors (Lipinski definition) is 1. The Labute approximate surface area is 190 Å². The summed E-state index contributed by atoms with van der Waals surface area (Å²) in [4.78, 5) is 10.4. The number of sulfonamides is 1. The van der Waals surface area contributed by atoms with Crippen molar-refractivity contribution in [3.05, 3.63) is 78.4 Å². The van der Waals surface area contributed by atoms with Crippen molar-refractivity contribution in [3.63, 3.8) is 0 Å². The maximum atomic E-state index is 14.2. The highest BCUT2D eigenvalue weighted by molar-refractivity contribution is 7.90. The van der Waals surface area contributed by atoms with Crippen LogP contribution >= 0.6 is 0 Å². The van der Waals surface area contributed by atoms with E-state index in [1.165, 1.54) is 33.6 Å². The number of methoxy groups -OCH3 is 1. The van der Waals surface area contributed by atoms with Crippen LogP contribution < -0.4 is 4.72 Å². The van der Waals surface area contributed by atoms with Crippen LogP contribution in [0.4, 0.5) is 22.4 Å². The second kappa shape index (κ2) is 8.45. The molecule has 34 heavy (non-hydrogen) atoms. The van der Waals surface area contributed by atoms with E-state index >= 15 is 0 Å². The zero-order chi connectivity index (χ0) is 24.7. The average molecular weight is 493 g/mol. The Morgan fingerprint density at radius 2 is 1.79 bits per heavy atom. The van der Waals surface area contributed by atoms with Gasteiger partial charge in [0.2, 0.25) is 0 Å². The molecule has 0 fully saturated rings. The highest BCUT2D eigenvalue weighted by Crippen LogP contribution is 2.43. The Morgan fingerprint density at radius 1 is 1.03 bits per heavy atom. The summed E-state index contributed by atoms with van der Waals surface area (Å²) in [5, 5.41) is 4.05. The van der Waals surface area contributed by atoms with Crippen molar-refractivity contribution in [3.8, 4) is 22.3 Å². The van der Waals surface area contributed by atoms with Crippen molar-refractivity contribution in [2.75, 3.05) is 7.11 Å². The van der Waals surface area contributed by atoms with Crippen molar-refractivity contribution < 1.29 is 35.5 Å². The molecule has 176 valence electrons. The van der Waals surface area contributed by atoms with Gasteiger partial charge in [-0.1, -0.05) is 18.2 Å². The fourth-order valence-corrected chi connectivity index (χ4v) is 4.89. The van der Waals surface area contributed by atoms with Gasteiger partial charge in [-0.25, -0.2) is 26.8 Å². The van der Waals surface area contributed by atoms with Crippen LogP contribution in [0.3, 0.4) is 0 Å². The van der Waals surface area contributed by atoms with Crippen molar-refractivity contribution in [2.45, 2.75) is 11.1 Å². The molecule has 4 aromatic rings. The molecule has 0 spiro atoms. The number of halogens is 4. The van der Waals surface area contributed by atoms with Gasteiger partial charge in [-0.15, -0.1) is 0 Å². The van der Waals surface area contributed by atoms with E-state index in [4.69, 9.17) is 0 Å². The molecule has 0 atom stereocenters. The predicted octanol–water partition coefficient (Wildman–Crippen LogP) is 4.87. The fraction of sp³-hybridized carbons (Fsp3) is 0.0909. The fourth-order valence-electron chi connectivity index (χ4n) is 3.55. The number of carbonyl (C=O) groups is 1. The number of alkyl halides is 3. The van der Waals surface area contributed by atoms with Gasteiger partial charge in [0, 0.05) is 23.5 Å². The van der Waals surface area contributed by atoms with E-state index in [-0.39, 0.29) is 11.1 Å². The zero-order valence-corrected chi connectivity index (χ0v) is 18.1. The molecule has 0 aliphatic carbocycles. The standard InChI is InChI=1S/C22H15F4N3O4S/c1-33-21(30)28-34(31,32)20-17(13-4-2-5-15(23)10-13)11-14(12-18(20)22(24,25)26)16-6-3-9-29-19(16)7-8-27-29/h2-12H,1H3,(H,28,30). The van der Waals surface area contributed by atoms with Gasteiger partial charge in [-0.3, -0.25) is 0 Å². The van der Waals surface area contributed by atoms with E-state index in [0.717, 1.165) is 19.2 Å². The number of nitrogens with zero attached hydrogens (tertiary/aromatic N) is 2. The summed E-state index contributed by atoms with van der Waals surface area (Å²) in [7, 11) is -4.23. The molecular formula is C22H15F4N3O4S. The normalized spacial score (nSPS) is 12.0. The number of benzene rings is 2. The van der Waals surface area contributed by atoms with Gasteiger partial charge in [-0.05, 0) is 47.5 Å². The molecule has 4 rings (SSSR count). The molecule has 0 aliphatic heterocycles. The molecule has 0 saturated heterocycles. The number of amides is 1. The van der Waals surface area contributed by atoms with E-state index < -0.39 is 44.1 Å². The zero-order valence-electron chi connectivity index (χ0n) is 17.3. The van der Waals surface area contributed by atoms with E-state index in [2.05, 4.69) is 9.84 Å². The van der Waals surface area contributed by atoms with Crippen LogP contribution in [0.15, 0.2) is 71.9 Å². The summed E-state index contributed by atoms with van der Waals surface area (Å²) in [6.45, 7) is 0. The molecule has 2 aromatic carbocycles. The number of aromatic nitrogens is 2. The molecule has 12 heteroatoms. The molecule has 7 nitrogen and oxygen atoms in total. The van der Waals surface area contributed by atoms with Crippen molar-refractivity contribution in [1.29, 1.82) is 0 Å². The van der Waals surface area contributed by atoms with Gasteiger partial charge in [-0.2, -0.15) is 18.3 Å². The number of pyridine rings is 1. The molecule has 0 unspecified atom stereocenters. The molecule has 1 N–H and O–H groups in total. The lowest BCUT2D eigenvalue weighted by Crippen LogP contribution is -2.32.